The minimum Gasteiger partial charge on any atom is -0.494 e. The lowest BCUT2D eigenvalue weighted by Crippen LogP contribution is -2.05. The maximum absolute atomic E-state index is 6.02. The van der Waals surface area contributed by atoms with Gasteiger partial charge in [0.25, 0.3) is 0 Å². The highest BCUT2D eigenvalue weighted by Gasteiger charge is 2.11. The van der Waals surface area contributed by atoms with Crippen LogP contribution in [-0.2, 0) is 13.0 Å². The number of ether oxygens (including phenoxy) is 1. The lowest BCUT2D eigenvalue weighted by atomic mass is 10.3. The van der Waals surface area contributed by atoms with E-state index >= 15 is 0 Å². The predicted molar refractivity (Wildman–Crippen MR) is 90.1 cm³/mol. The van der Waals surface area contributed by atoms with Gasteiger partial charge >= 0.3 is 0 Å². The fourth-order valence-electron chi connectivity index (χ4n) is 2.70. The molecular formula is C18H21N3O. The lowest BCUT2D eigenvalue weighted by Gasteiger charge is -2.07. The molecule has 0 spiro atoms. The van der Waals surface area contributed by atoms with Gasteiger partial charge < -0.3 is 15.0 Å². The van der Waals surface area contributed by atoms with E-state index in [0.29, 0.717) is 6.61 Å². The van der Waals surface area contributed by atoms with Gasteiger partial charge in [0.2, 0.25) is 0 Å². The van der Waals surface area contributed by atoms with E-state index in [0.717, 1.165) is 47.7 Å². The number of nitrogen functional groups attached to an aromatic ring is 1. The quantitative estimate of drug-likeness (QED) is 0.558. The number of nitrogens with zero attached hydrogens (tertiary/aromatic N) is 2. The molecule has 0 atom stereocenters. The van der Waals surface area contributed by atoms with Crippen LogP contribution in [0.25, 0.3) is 11.0 Å². The lowest BCUT2D eigenvalue weighted by molar-refractivity contribution is 0.309. The fourth-order valence-corrected chi connectivity index (χ4v) is 2.70. The van der Waals surface area contributed by atoms with Crippen LogP contribution < -0.4 is 10.5 Å². The van der Waals surface area contributed by atoms with Gasteiger partial charge in [0, 0.05) is 13.0 Å². The number of anilines is 1. The minimum atomic E-state index is 0.687. The second kappa shape index (κ2) is 6.52. The molecule has 0 fully saturated rings. The summed E-state index contributed by atoms with van der Waals surface area (Å²) in [5.74, 6) is 1.99. The van der Waals surface area contributed by atoms with Gasteiger partial charge in [-0.3, -0.25) is 0 Å². The van der Waals surface area contributed by atoms with Gasteiger partial charge in [0.15, 0.2) is 0 Å². The van der Waals surface area contributed by atoms with E-state index in [9.17, 15) is 0 Å². The number of para-hydroxylation sites is 2. The molecule has 22 heavy (non-hydrogen) atoms. The van der Waals surface area contributed by atoms with Crippen LogP contribution in [-0.4, -0.2) is 16.2 Å². The molecule has 0 amide bonds. The van der Waals surface area contributed by atoms with Crippen molar-refractivity contribution in [1.82, 2.24) is 9.55 Å². The standard InChI is InChI=1S/C18H21N3O/c1-2-21-16-11-6-10-15(19)18(16)20-17(21)12-7-13-22-14-8-4-3-5-9-14/h3-6,8-11H,2,7,12-13,19H2,1H3. The van der Waals surface area contributed by atoms with E-state index in [1.807, 2.05) is 42.5 Å². The van der Waals surface area contributed by atoms with Crippen LogP contribution in [0.4, 0.5) is 5.69 Å². The average molecular weight is 295 g/mol. The van der Waals surface area contributed by atoms with Crippen molar-refractivity contribution in [3.8, 4) is 5.75 Å². The summed E-state index contributed by atoms with van der Waals surface area (Å²) in [6, 6.07) is 15.9. The molecule has 0 saturated carbocycles. The number of aryl methyl sites for hydroxylation is 2. The Balaban J connectivity index is 1.67. The minimum absolute atomic E-state index is 0.687. The first-order chi connectivity index (χ1) is 10.8. The molecule has 3 rings (SSSR count). The number of imidazole rings is 1. The molecule has 2 N–H and O–H groups in total. The highest BCUT2D eigenvalue weighted by molar-refractivity contribution is 5.87. The first kappa shape index (κ1) is 14.4. The van der Waals surface area contributed by atoms with Crippen LogP contribution in [0.2, 0.25) is 0 Å². The second-order valence-corrected chi connectivity index (χ2v) is 5.25. The molecule has 0 aliphatic rings. The molecule has 1 aromatic heterocycles. The highest BCUT2D eigenvalue weighted by atomic mass is 16.5. The van der Waals surface area contributed by atoms with Gasteiger partial charge in [-0.1, -0.05) is 24.3 Å². The molecule has 0 unspecified atom stereocenters. The number of aromatic nitrogens is 2. The fraction of sp³-hybridized carbons (Fsp3) is 0.278. The Labute approximate surface area is 130 Å². The van der Waals surface area contributed by atoms with Crippen molar-refractivity contribution in [3.05, 3.63) is 54.4 Å². The largest absolute Gasteiger partial charge is 0.494 e. The summed E-state index contributed by atoms with van der Waals surface area (Å²) < 4.78 is 7.97. The van der Waals surface area contributed by atoms with Crippen LogP contribution in [0.1, 0.15) is 19.2 Å². The zero-order valence-electron chi connectivity index (χ0n) is 12.8. The van der Waals surface area contributed by atoms with E-state index in [1.165, 1.54) is 0 Å². The van der Waals surface area contributed by atoms with Crippen molar-refractivity contribution in [2.75, 3.05) is 12.3 Å². The van der Waals surface area contributed by atoms with Crippen LogP contribution in [0.3, 0.4) is 0 Å². The molecule has 0 radical (unpaired) electrons. The van der Waals surface area contributed by atoms with E-state index in [-0.39, 0.29) is 0 Å². The van der Waals surface area contributed by atoms with Crippen LogP contribution >= 0.6 is 0 Å². The summed E-state index contributed by atoms with van der Waals surface area (Å²) in [6.07, 6.45) is 1.81. The van der Waals surface area contributed by atoms with E-state index in [4.69, 9.17) is 15.5 Å². The molecule has 4 nitrogen and oxygen atoms in total. The smallest absolute Gasteiger partial charge is 0.119 e. The molecule has 2 aromatic carbocycles. The maximum atomic E-state index is 6.02. The van der Waals surface area contributed by atoms with Crippen molar-refractivity contribution in [2.45, 2.75) is 26.3 Å². The Morgan fingerprint density at radius 1 is 1.09 bits per heavy atom. The van der Waals surface area contributed by atoms with Gasteiger partial charge in [-0.05, 0) is 37.6 Å². The van der Waals surface area contributed by atoms with Crippen LogP contribution in [0.15, 0.2) is 48.5 Å². The Kier molecular flexibility index (Phi) is 4.28. The molecule has 0 aliphatic heterocycles. The highest BCUT2D eigenvalue weighted by Crippen LogP contribution is 2.22. The number of benzene rings is 2. The third-order valence-electron chi connectivity index (χ3n) is 3.76. The Bertz CT molecular complexity index is 750. The monoisotopic (exact) mass is 295 g/mol. The molecule has 3 aromatic rings. The zero-order valence-corrected chi connectivity index (χ0v) is 12.8. The third kappa shape index (κ3) is 2.91. The topological polar surface area (TPSA) is 53.1 Å². The molecule has 0 saturated heterocycles. The molecule has 0 aliphatic carbocycles. The number of hydrogen-bond acceptors (Lipinski definition) is 3. The summed E-state index contributed by atoms with van der Waals surface area (Å²) in [6.45, 7) is 3.72. The maximum Gasteiger partial charge on any atom is 0.119 e. The predicted octanol–water partition coefficient (Wildman–Crippen LogP) is 3.65. The number of nitrogens with two attached hydrogens (primary N) is 1. The Morgan fingerprint density at radius 3 is 2.68 bits per heavy atom. The summed E-state index contributed by atoms with van der Waals surface area (Å²) in [5.41, 5.74) is 8.78. The van der Waals surface area contributed by atoms with E-state index in [2.05, 4.69) is 17.6 Å². The van der Waals surface area contributed by atoms with Gasteiger partial charge in [0.05, 0.1) is 17.8 Å². The first-order valence-electron chi connectivity index (χ1n) is 7.71. The summed E-state index contributed by atoms with van der Waals surface area (Å²) >= 11 is 0. The number of hydrogen-bond donors (Lipinski definition) is 1. The van der Waals surface area contributed by atoms with E-state index < -0.39 is 0 Å². The molecule has 0 bridgehead atoms. The zero-order chi connectivity index (χ0) is 15.4. The Morgan fingerprint density at radius 2 is 1.91 bits per heavy atom. The second-order valence-electron chi connectivity index (χ2n) is 5.25. The molecule has 4 heteroatoms. The first-order valence-corrected chi connectivity index (χ1v) is 7.71. The Hall–Kier alpha value is -2.49. The summed E-state index contributed by atoms with van der Waals surface area (Å²) in [4.78, 5) is 4.71. The van der Waals surface area contributed by atoms with Gasteiger partial charge in [-0.15, -0.1) is 0 Å². The van der Waals surface area contributed by atoms with Crippen molar-refractivity contribution in [2.24, 2.45) is 0 Å². The summed E-state index contributed by atoms with van der Waals surface area (Å²) in [7, 11) is 0. The van der Waals surface area contributed by atoms with E-state index in [1.54, 1.807) is 0 Å². The van der Waals surface area contributed by atoms with Crippen LogP contribution in [0.5, 0.6) is 5.75 Å². The molecule has 1 heterocycles. The molecule has 114 valence electrons. The summed E-state index contributed by atoms with van der Waals surface area (Å²) in [5, 5.41) is 0. The number of fused-ring (bicyclic) bond motifs is 1. The SMILES string of the molecule is CCn1c(CCCOc2ccccc2)nc2c(N)cccc21. The third-order valence-corrected chi connectivity index (χ3v) is 3.76. The van der Waals surface area contributed by atoms with Crippen LogP contribution in [0, 0.1) is 0 Å². The normalized spacial score (nSPS) is 11.0. The van der Waals surface area contributed by atoms with Crippen molar-refractivity contribution in [1.29, 1.82) is 0 Å². The van der Waals surface area contributed by atoms with Gasteiger partial charge in [-0.25, -0.2) is 4.98 Å². The van der Waals surface area contributed by atoms with Gasteiger partial charge in [0.1, 0.15) is 17.1 Å². The van der Waals surface area contributed by atoms with Crippen molar-refractivity contribution < 1.29 is 4.74 Å². The molecular weight excluding hydrogens is 274 g/mol. The average Bonchev–Trinajstić information content (AvgIpc) is 2.91. The number of rotatable bonds is 6. The van der Waals surface area contributed by atoms with Crippen molar-refractivity contribution >= 4 is 16.7 Å². The van der Waals surface area contributed by atoms with Crippen molar-refractivity contribution in [3.63, 3.8) is 0 Å². The van der Waals surface area contributed by atoms with Gasteiger partial charge in [-0.2, -0.15) is 0 Å².